The number of hydrogen-bond donors (Lipinski definition) is 1. The molecule has 1 N–H and O–H groups in total. The molecule has 138 valence electrons. The monoisotopic (exact) mass is 375 g/mol. The average Bonchev–Trinajstić information content (AvgIpc) is 3.18. The van der Waals surface area contributed by atoms with Crippen molar-refractivity contribution in [3.05, 3.63) is 78.9 Å². The minimum Gasteiger partial charge on any atom is -0.497 e. The highest BCUT2D eigenvalue weighted by Gasteiger charge is 2.15. The number of para-hydroxylation sites is 1. The average molecular weight is 375 g/mol. The van der Waals surface area contributed by atoms with E-state index in [0.717, 1.165) is 60.5 Å². The van der Waals surface area contributed by atoms with Crippen LogP contribution in [0.1, 0.15) is 0 Å². The third-order valence-electron chi connectivity index (χ3n) is 5.60. The predicted octanol–water partition coefficient (Wildman–Crippen LogP) is 6.09. The van der Waals surface area contributed by atoms with Gasteiger partial charge < -0.3 is 4.74 Å². The fraction of sp³-hybridized carbons (Fsp3) is 0.0400. The van der Waals surface area contributed by atoms with Crippen LogP contribution in [0.25, 0.3) is 54.7 Å². The lowest BCUT2D eigenvalue weighted by molar-refractivity contribution is 0.415. The van der Waals surface area contributed by atoms with Crippen LogP contribution in [0.3, 0.4) is 0 Å². The summed E-state index contributed by atoms with van der Waals surface area (Å²) >= 11 is 0. The molecule has 2 heterocycles. The first-order valence-electron chi connectivity index (χ1n) is 9.56. The highest BCUT2D eigenvalue weighted by Crippen LogP contribution is 2.38. The molecule has 0 saturated carbocycles. The van der Waals surface area contributed by atoms with E-state index in [0.29, 0.717) is 0 Å². The third kappa shape index (κ3) is 2.32. The molecular formula is C25H17N3O. The molecule has 0 unspecified atom stereocenters. The summed E-state index contributed by atoms with van der Waals surface area (Å²) in [6, 6.07) is 27.0. The van der Waals surface area contributed by atoms with Crippen LogP contribution < -0.4 is 4.74 Å². The van der Waals surface area contributed by atoms with Crippen molar-refractivity contribution in [2.45, 2.75) is 0 Å². The number of methoxy groups -OCH3 is 1. The number of aromatic nitrogens is 3. The standard InChI is InChI=1S/C25H17N3O/c1-29-16-11-9-15(10-12-16)17-6-4-8-22-23(17)20-14-13-19-18-5-2-3-7-21(18)27-28-25(19)24(20)26-22/h2-14,27H,1H3. The highest BCUT2D eigenvalue weighted by molar-refractivity contribution is 6.22. The largest absolute Gasteiger partial charge is 0.497 e. The highest BCUT2D eigenvalue weighted by atomic mass is 16.5. The van der Waals surface area contributed by atoms with Crippen molar-refractivity contribution in [1.82, 2.24) is 15.2 Å². The number of aromatic amines is 1. The van der Waals surface area contributed by atoms with Crippen molar-refractivity contribution in [2.75, 3.05) is 7.11 Å². The second-order valence-electron chi connectivity index (χ2n) is 7.17. The number of nitrogens with zero attached hydrogens (tertiary/aromatic N) is 2. The van der Waals surface area contributed by atoms with E-state index in [4.69, 9.17) is 9.72 Å². The molecule has 2 aromatic heterocycles. The van der Waals surface area contributed by atoms with Gasteiger partial charge in [0.1, 0.15) is 11.3 Å². The van der Waals surface area contributed by atoms with Gasteiger partial charge in [-0.2, -0.15) is 5.10 Å². The minimum absolute atomic E-state index is 0.851. The van der Waals surface area contributed by atoms with Crippen LogP contribution in [0, 0.1) is 0 Å². The fourth-order valence-electron chi connectivity index (χ4n) is 4.20. The lowest BCUT2D eigenvalue weighted by Gasteiger charge is -2.07. The molecule has 0 amide bonds. The Morgan fingerprint density at radius 1 is 0.724 bits per heavy atom. The van der Waals surface area contributed by atoms with Crippen LogP contribution >= 0.6 is 0 Å². The van der Waals surface area contributed by atoms with Gasteiger partial charge in [0.25, 0.3) is 0 Å². The zero-order valence-corrected chi connectivity index (χ0v) is 15.8. The van der Waals surface area contributed by atoms with Gasteiger partial charge >= 0.3 is 0 Å². The first kappa shape index (κ1) is 16.1. The molecule has 6 aromatic rings. The van der Waals surface area contributed by atoms with Crippen LogP contribution in [-0.2, 0) is 0 Å². The van der Waals surface area contributed by atoms with Gasteiger partial charge in [0.15, 0.2) is 0 Å². The lowest BCUT2D eigenvalue weighted by Crippen LogP contribution is -1.88. The summed E-state index contributed by atoms with van der Waals surface area (Å²) in [6.07, 6.45) is 0. The van der Waals surface area contributed by atoms with Gasteiger partial charge in [-0.3, -0.25) is 5.10 Å². The van der Waals surface area contributed by atoms with Gasteiger partial charge in [-0.15, -0.1) is 0 Å². The van der Waals surface area contributed by atoms with Gasteiger partial charge in [-0.1, -0.05) is 54.6 Å². The summed E-state index contributed by atoms with van der Waals surface area (Å²) < 4.78 is 5.31. The van der Waals surface area contributed by atoms with E-state index in [2.05, 4.69) is 64.8 Å². The van der Waals surface area contributed by atoms with E-state index in [1.807, 2.05) is 24.3 Å². The van der Waals surface area contributed by atoms with Crippen molar-refractivity contribution in [3.8, 4) is 16.9 Å². The Morgan fingerprint density at radius 2 is 1.55 bits per heavy atom. The van der Waals surface area contributed by atoms with E-state index < -0.39 is 0 Å². The van der Waals surface area contributed by atoms with Crippen LogP contribution in [-0.4, -0.2) is 22.3 Å². The van der Waals surface area contributed by atoms with Crippen molar-refractivity contribution in [2.24, 2.45) is 0 Å². The number of ether oxygens (including phenoxy) is 1. The molecule has 0 spiro atoms. The molecule has 0 radical (unpaired) electrons. The van der Waals surface area contributed by atoms with Gasteiger partial charge in [0.05, 0.1) is 23.7 Å². The van der Waals surface area contributed by atoms with Crippen molar-refractivity contribution >= 4 is 43.6 Å². The summed E-state index contributed by atoms with van der Waals surface area (Å²) in [4.78, 5) is 4.96. The first-order chi connectivity index (χ1) is 14.3. The van der Waals surface area contributed by atoms with Crippen LogP contribution in [0.15, 0.2) is 78.9 Å². The number of hydrogen-bond acceptors (Lipinski definition) is 3. The summed E-state index contributed by atoms with van der Waals surface area (Å²) in [5, 5.41) is 12.4. The van der Waals surface area contributed by atoms with E-state index in [1.54, 1.807) is 7.11 Å². The Labute approximate surface area is 166 Å². The van der Waals surface area contributed by atoms with Crippen LogP contribution in [0.4, 0.5) is 0 Å². The molecule has 0 aliphatic rings. The summed E-state index contributed by atoms with van der Waals surface area (Å²) in [5.41, 5.74) is 6.14. The van der Waals surface area contributed by atoms with Crippen molar-refractivity contribution < 1.29 is 4.74 Å². The normalized spacial score (nSPS) is 11.6. The maximum Gasteiger partial charge on any atom is 0.118 e. The molecule has 0 aliphatic carbocycles. The number of nitrogens with one attached hydrogen (secondary N) is 1. The van der Waals surface area contributed by atoms with E-state index >= 15 is 0 Å². The Morgan fingerprint density at radius 3 is 2.41 bits per heavy atom. The van der Waals surface area contributed by atoms with Crippen molar-refractivity contribution in [3.63, 3.8) is 0 Å². The predicted molar refractivity (Wildman–Crippen MR) is 118 cm³/mol. The Kier molecular flexibility index (Phi) is 3.35. The quantitative estimate of drug-likeness (QED) is 0.372. The molecule has 0 bridgehead atoms. The second kappa shape index (κ2) is 6.04. The molecular weight excluding hydrogens is 358 g/mol. The van der Waals surface area contributed by atoms with E-state index in [-0.39, 0.29) is 0 Å². The number of H-pyrrole nitrogens is 1. The number of benzene rings is 4. The van der Waals surface area contributed by atoms with Gasteiger partial charge in [-0.05, 0) is 35.4 Å². The molecule has 0 saturated heterocycles. The molecule has 0 atom stereocenters. The van der Waals surface area contributed by atoms with Crippen LogP contribution in [0.5, 0.6) is 5.75 Å². The maximum absolute atomic E-state index is 5.31. The maximum atomic E-state index is 5.31. The molecule has 6 rings (SSSR count). The molecule has 0 fully saturated rings. The Balaban J connectivity index is 1.70. The smallest absolute Gasteiger partial charge is 0.118 e. The lowest BCUT2D eigenvalue weighted by atomic mass is 9.98. The molecule has 4 aromatic carbocycles. The van der Waals surface area contributed by atoms with Crippen molar-refractivity contribution in [1.29, 1.82) is 0 Å². The SMILES string of the molecule is COc1ccc(-c2cccc3nc4c(ccc5c6ccccc6[nH]nc54)c23)cc1. The minimum atomic E-state index is 0.851. The van der Waals surface area contributed by atoms with E-state index in [1.165, 1.54) is 0 Å². The molecule has 4 heteroatoms. The molecule has 29 heavy (non-hydrogen) atoms. The Hall–Kier alpha value is -3.92. The summed E-state index contributed by atoms with van der Waals surface area (Å²) in [7, 11) is 1.68. The zero-order chi connectivity index (χ0) is 19.4. The van der Waals surface area contributed by atoms with Gasteiger partial charge in [-0.25, -0.2) is 4.98 Å². The molecule has 0 aliphatic heterocycles. The zero-order valence-electron chi connectivity index (χ0n) is 15.8. The van der Waals surface area contributed by atoms with Crippen LogP contribution in [0.2, 0.25) is 0 Å². The summed E-state index contributed by atoms with van der Waals surface area (Å²) in [5.74, 6) is 0.851. The van der Waals surface area contributed by atoms with Gasteiger partial charge in [0, 0.05) is 21.5 Å². The molecule has 4 nitrogen and oxygen atoms in total. The van der Waals surface area contributed by atoms with Gasteiger partial charge in [0.2, 0.25) is 0 Å². The fourth-order valence-corrected chi connectivity index (χ4v) is 4.20. The van der Waals surface area contributed by atoms with E-state index in [9.17, 15) is 0 Å². The topological polar surface area (TPSA) is 50.8 Å². The second-order valence-corrected chi connectivity index (χ2v) is 7.17. The number of fused-ring (bicyclic) bond motifs is 7. The number of rotatable bonds is 2. The first-order valence-corrected chi connectivity index (χ1v) is 9.56. The Bertz CT molecular complexity index is 1530. The summed E-state index contributed by atoms with van der Waals surface area (Å²) in [6.45, 7) is 0. The third-order valence-corrected chi connectivity index (χ3v) is 5.60.